The van der Waals surface area contributed by atoms with Crippen molar-refractivity contribution in [2.24, 2.45) is 0 Å². The van der Waals surface area contributed by atoms with Crippen molar-refractivity contribution in [2.75, 3.05) is 0 Å². The van der Waals surface area contributed by atoms with E-state index < -0.39 is 5.95 Å². The number of nitrogens with zero attached hydrogens (tertiary/aromatic N) is 2. The Morgan fingerprint density at radius 2 is 2.38 bits per heavy atom. The molecule has 4 heteroatoms. The Morgan fingerprint density at radius 1 is 1.62 bits per heavy atom. The normalized spacial score (nSPS) is 9.25. The Kier molecular flexibility index (Phi) is 1.72. The molecule has 0 saturated heterocycles. The summed E-state index contributed by atoms with van der Waals surface area (Å²) in [4.78, 5) is 7.06. The highest BCUT2D eigenvalue weighted by molar-refractivity contribution is 14.1. The molecule has 2 nitrogen and oxygen atoms in total. The molecule has 42 valence electrons. The number of rotatable bonds is 0. The molecule has 0 saturated carbocycles. The lowest BCUT2D eigenvalue weighted by Crippen LogP contribution is -1.87. The van der Waals surface area contributed by atoms with Gasteiger partial charge in [-0.25, -0.2) is 4.98 Å². The Balaban J connectivity index is 3.08. The van der Waals surface area contributed by atoms with E-state index in [2.05, 4.69) is 9.97 Å². The quantitative estimate of drug-likeness (QED) is 0.376. The fourth-order valence-electron chi connectivity index (χ4n) is 0.315. The molecule has 0 atom stereocenters. The van der Waals surface area contributed by atoms with E-state index in [1.807, 2.05) is 22.6 Å². The first-order valence-electron chi connectivity index (χ1n) is 1.93. The first kappa shape index (κ1) is 5.87. The van der Waals surface area contributed by atoms with E-state index in [9.17, 15) is 4.39 Å². The van der Waals surface area contributed by atoms with Crippen LogP contribution in [0.15, 0.2) is 12.3 Å². The van der Waals surface area contributed by atoms with Gasteiger partial charge in [-0.2, -0.15) is 9.37 Å². The van der Waals surface area contributed by atoms with Crippen LogP contribution in [-0.4, -0.2) is 9.97 Å². The van der Waals surface area contributed by atoms with E-state index >= 15 is 0 Å². The van der Waals surface area contributed by atoms with Crippen LogP contribution >= 0.6 is 22.6 Å². The molecule has 1 aromatic rings. The van der Waals surface area contributed by atoms with Gasteiger partial charge in [-0.15, -0.1) is 0 Å². The first-order chi connectivity index (χ1) is 3.79. The minimum absolute atomic E-state index is 0.433. The zero-order chi connectivity index (χ0) is 5.98. The second kappa shape index (κ2) is 2.34. The molecule has 0 amide bonds. The summed E-state index contributed by atoms with van der Waals surface area (Å²) in [6, 6.07) is 1.21. The van der Waals surface area contributed by atoms with Crippen LogP contribution < -0.4 is 0 Å². The van der Waals surface area contributed by atoms with Gasteiger partial charge in [-0.3, -0.25) is 0 Å². The van der Waals surface area contributed by atoms with Crippen LogP contribution in [0.5, 0.6) is 0 Å². The zero-order valence-corrected chi connectivity index (χ0v) is 5.96. The number of halogens is 2. The van der Waals surface area contributed by atoms with Crippen LogP contribution in [0.1, 0.15) is 0 Å². The fourth-order valence-corrected chi connectivity index (χ4v) is 0.706. The minimum Gasteiger partial charge on any atom is -0.231 e. The molecule has 0 spiro atoms. The van der Waals surface area contributed by atoms with E-state index in [1.54, 1.807) is 0 Å². The monoisotopic (exact) mass is 224 g/mol. The van der Waals surface area contributed by atoms with Crippen LogP contribution in [0.2, 0.25) is 0 Å². The molecule has 0 fully saturated rings. The van der Waals surface area contributed by atoms with Gasteiger partial charge in [0.25, 0.3) is 0 Å². The van der Waals surface area contributed by atoms with E-state index in [-0.39, 0.29) is 0 Å². The Morgan fingerprint density at radius 3 is 2.75 bits per heavy atom. The van der Waals surface area contributed by atoms with E-state index in [0.29, 0.717) is 3.83 Å². The van der Waals surface area contributed by atoms with Crippen molar-refractivity contribution < 1.29 is 4.39 Å². The van der Waals surface area contributed by atoms with Gasteiger partial charge in [0.1, 0.15) is 0 Å². The number of aromatic nitrogens is 2. The maximum absolute atomic E-state index is 12.0. The summed E-state index contributed by atoms with van der Waals surface area (Å²) >= 11 is 1.84. The summed E-state index contributed by atoms with van der Waals surface area (Å²) in [5.41, 5.74) is 0. The van der Waals surface area contributed by atoms with Gasteiger partial charge >= 0.3 is 0 Å². The molecule has 0 bridgehead atoms. The van der Waals surface area contributed by atoms with Crippen molar-refractivity contribution in [2.45, 2.75) is 0 Å². The second-order valence-corrected chi connectivity index (χ2v) is 2.11. The van der Waals surface area contributed by atoms with E-state index in [0.717, 1.165) is 0 Å². The van der Waals surface area contributed by atoms with Crippen molar-refractivity contribution in [1.82, 2.24) is 9.97 Å². The molecule has 0 aromatic carbocycles. The maximum Gasteiger partial charge on any atom is 0.216 e. The minimum atomic E-state index is -0.482. The molecule has 0 unspecified atom stereocenters. The highest BCUT2D eigenvalue weighted by Gasteiger charge is 1.89. The molecule has 8 heavy (non-hydrogen) atoms. The SMILES string of the molecule is Fc1ccnc(I)n1. The van der Waals surface area contributed by atoms with Gasteiger partial charge in [0.2, 0.25) is 5.95 Å². The lowest BCUT2D eigenvalue weighted by atomic mass is 10.7. The molecule has 0 N–H and O–H groups in total. The lowest BCUT2D eigenvalue weighted by molar-refractivity contribution is 0.575. The van der Waals surface area contributed by atoms with E-state index in [1.165, 1.54) is 12.3 Å². The van der Waals surface area contributed by atoms with Gasteiger partial charge in [-0.1, -0.05) is 0 Å². The predicted molar refractivity (Wildman–Crippen MR) is 34.7 cm³/mol. The topological polar surface area (TPSA) is 25.8 Å². The maximum atomic E-state index is 12.0. The van der Waals surface area contributed by atoms with Crippen LogP contribution in [-0.2, 0) is 0 Å². The molecular formula is C4H2FIN2. The van der Waals surface area contributed by atoms with Crippen molar-refractivity contribution in [3.8, 4) is 0 Å². The number of hydrogen-bond acceptors (Lipinski definition) is 2. The third-order valence-electron chi connectivity index (χ3n) is 0.592. The second-order valence-electron chi connectivity index (χ2n) is 1.15. The summed E-state index contributed by atoms with van der Waals surface area (Å²) in [7, 11) is 0. The molecule has 1 aromatic heterocycles. The molecular weight excluding hydrogens is 222 g/mol. The van der Waals surface area contributed by atoms with Gasteiger partial charge in [0.15, 0.2) is 3.83 Å². The molecule has 1 rings (SSSR count). The summed E-state index contributed by atoms with van der Waals surface area (Å²) in [5.74, 6) is -0.482. The first-order valence-corrected chi connectivity index (χ1v) is 3.01. The number of hydrogen-bond donors (Lipinski definition) is 0. The Labute approximate surface area is 59.3 Å². The van der Waals surface area contributed by atoms with Gasteiger partial charge < -0.3 is 0 Å². The third kappa shape index (κ3) is 1.36. The Hall–Kier alpha value is -0.260. The molecule has 0 radical (unpaired) electrons. The van der Waals surface area contributed by atoms with Gasteiger partial charge in [0, 0.05) is 34.9 Å². The van der Waals surface area contributed by atoms with Crippen molar-refractivity contribution >= 4 is 22.6 Å². The van der Waals surface area contributed by atoms with Crippen LogP contribution in [0.3, 0.4) is 0 Å². The van der Waals surface area contributed by atoms with Gasteiger partial charge in [-0.05, 0) is 0 Å². The highest BCUT2D eigenvalue weighted by Crippen LogP contribution is 1.94. The Bertz CT molecular complexity index is 174. The highest BCUT2D eigenvalue weighted by atomic mass is 127. The van der Waals surface area contributed by atoms with E-state index in [4.69, 9.17) is 0 Å². The summed E-state index contributed by atoms with van der Waals surface area (Å²) in [5, 5.41) is 0. The largest absolute Gasteiger partial charge is 0.231 e. The molecule has 1 heterocycles. The average Bonchev–Trinajstić information content (AvgIpc) is 1.64. The van der Waals surface area contributed by atoms with Crippen LogP contribution in [0, 0.1) is 9.78 Å². The van der Waals surface area contributed by atoms with Crippen molar-refractivity contribution in [1.29, 1.82) is 0 Å². The standard InChI is InChI=1S/C4H2FIN2/c5-3-1-2-7-4(6)8-3/h1-2H. The molecule has 0 aliphatic carbocycles. The molecule has 0 aliphatic heterocycles. The summed E-state index contributed by atoms with van der Waals surface area (Å²) in [6.07, 6.45) is 1.38. The van der Waals surface area contributed by atoms with Crippen molar-refractivity contribution in [3.05, 3.63) is 22.0 Å². The zero-order valence-electron chi connectivity index (χ0n) is 3.81. The fraction of sp³-hybridized carbons (Fsp3) is 0. The third-order valence-corrected chi connectivity index (χ3v) is 1.11. The van der Waals surface area contributed by atoms with Crippen molar-refractivity contribution in [3.63, 3.8) is 0 Å². The summed E-state index contributed by atoms with van der Waals surface area (Å²) < 4.78 is 12.4. The smallest absolute Gasteiger partial charge is 0.216 e. The molecule has 0 aliphatic rings. The average molecular weight is 224 g/mol. The predicted octanol–water partition coefficient (Wildman–Crippen LogP) is 1.22. The van der Waals surface area contributed by atoms with Gasteiger partial charge in [0.05, 0.1) is 0 Å². The van der Waals surface area contributed by atoms with Crippen LogP contribution in [0.4, 0.5) is 4.39 Å². The summed E-state index contributed by atoms with van der Waals surface area (Å²) in [6.45, 7) is 0. The lowest BCUT2D eigenvalue weighted by Gasteiger charge is -1.84. The van der Waals surface area contributed by atoms with Crippen LogP contribution in [0.25, 0.3) is 0 Å².